The molecule has 136 valence electrons. The van der Waals surface area contributed by atoms with E-state index in [0.717, 1.165) is 37.8 Å². The van der Waals surface area contributed by atoms with Crippen LogP contribution in [0.3, 0.4) is 0 Å². The number of aromatic nitrogens is 2. The first-order valence-corrected chi connectivity index (χ1v) is 10.5. The van der Waals surface area contributed by atoms with Crippen molar-refractivity contribution in [3.05, 3.63) is 82.0 Å². The molecule has 3 nitrogen and oxygen atoms in total. The van der Waals surface area contributed by atoms with Crippen molar-refractivity contribution in [2.75, 3.05) is 0 Å². The topological polar surface area (TPSA) is 46.0 Å². The van der Waals surface area contributed by atoms with Crippen molar-refractivity contribution in [2.24, 2.45) is 0 Å². The predicted octanol–water partition coefficient (Wildman–Crippen LogP) is 6.16. The molecule has 0 radical (unpaired) electrons. The minimum atomic E-state index is -1.15. The normalized spacial score (nSPS) is 13.6. The molecule has 0 saturated heterocycles. The number of thiazole rings is 1. The average molecular weight is 439 g/mol. The smallest absolute Gasteiger partial charge is 0.142 e. The van der Waals surface area contributed by atoms with Gasteiger partial charge in [0, 0.05) is 28.0 Å². The van der Waals surface area contributed by atoms with E-state index in [2.05, 4.69) is 40.0 Å². The molecular formula is C22H19BrN2OS. The Labute approximate surface area is 170 Å². The molecule has 1 atom stereocenters. The number of benzene rings is 2. The highest BCUT2D eigenvalue weighted by Gasteiger charge is 2.35. The van der Waals surface area contributed by atoms with Gasteiger partial charge in [0.1, 0.15) is 10.6 Å². The number of rotatable bonds is 5. The third kappa shape index (κ3) is 3.55. The van der Waals surface area contributed by atoms with Gasteiger partial charge in [-0.3, -0.25) is 4.98 Å². The minimum absolute atomic E-state index is 0.591. The van der Waals surface area contributed by atoms with Gasteiger partial charge in [-0.15, -0.1) is 11.3 Å². The van der Waals surface area contributed by atoms with Crippen LogP contribution in [-0.2, 0) is 5.60 Å². The van der Waals surface area contributed by atoms with E-state index in [4.69, 9.17) is 4.98 Å². The Morgan fingerprint density at radius 2 is 1.85 bits per heavy atom. The van der Waals surface area contributed by atoms with Crippen molar-refractivity contribution in [1.29, 1.82) is 0 Å². The zero-order valence-electron chi connectivity index (χ0n) is 14.9. The van der Waals surface area contributed by atoms with E-state index in [9.17, 15) is 5.11 Å². The van der Waals surface area contributed by atoms with Crippen molar-refractivity contribution in [2.45, 2.75) is 25.4 Å². The molecule has 5 heteroatoms. The second kappa shape index (κ2) is 7.50. The third-order valence-corrected chi connectivity index (χ3v) is 6.30. The zero-order chi connectivity index (χ0) is 18.9. The van der Waals surface area contributed by atoms with E-state index in [0.29, 0.717) is 11.4 Å². The Hall–Kier alpha value is -2.08. The second-order valence-electron chi connectivity index (χ2n) is 6.57. The molecular weight excluding hydrogens is 420 g/mol. The number of hydrogen-bond donors (Lipinski definition) is 1. The quantitative estimate of drug-likeness (QED) is 0.405. The molecule has 0 fully saturated rings. The van der Waals surface area contributed by atoms with Crippen LogP contribution in [0, 0.1) is 0 Å². The van der Waals surface area contributed by atoms with E-state index in [1.165, 1.54) is 11.3 Å². The summed E-state index contributed by atoms with van der Waals surface area (Å²) in [7, 11) is 0. The number of pyridine rings is 1. The highest BCUT2D eigenvalue weighted by atomic mass is 79.9. The summed E-state index contributed by atoms with van der Waals surface area (Å²) in [4.78, 5) is 9.16. The monoisotopic (exact) mass is 438 g/mol. The predicted molar refractivity (Wildman–Crippen MR) is 115 cm³/mol. The maximum Gasteiger partial charge on any atom is 0.142 e. The van der Waals surface area contributed by atoms with Gasteiger partial charge in [-0.05, 0) is 36.2 Å². The van der Waals surface area contributed by atoms with Gasteiger partial charge in [0.2, 0.25) is 0 Å². The lowest BCUT2D eigenvalue weighted by atomic mass is 9.89. The summed E-state index contributed by atoms with van der Waals surface area (Å²) in [6, 6.07) is 18.1. The van der Waals surface area contributed by atoms with Crippen LogP contribution in [0.25, 0.3) is 21.3 Å². The van der Waals surface area contributed by atoms with E-state index < -0.39 is 5.60 Å². The molecule has 0 bridgehead atoms. The summed E-state index contributed by atoms with van der Waals surface area (Å²) in [5, 5.41) is 12.4. The number of nitrogens with zero attached hydrogens (tertiary/aromatic N) is 2. The molecule has 2 aromatic heterocycles. The first-order chi connectivity index (χ1) is 13.1. The van der Waals surface area contributed by atoms with Gasteiger partial charge in [0.15, 0.2) is 0 Å². The molecule has 0 aliphatic rings. The van der Waals surface area contributed by atoms with Gasteiger partial charge >= 0.3 is 0 Å². The number of halogens is 1. The molecule has 1 unspecified atom stereocenters. The first-order valence-electron chi connectivity index (χ1n) is 8.90. The molecule has 4 aromatic rings. The molecule has 4 rings (SSSR count). The molecule has 0 amide bonds. The van der Waals surface area contributed by atoms with Gasteiger partial charge in [0.25, 0.3) is 0 Å². The molecule has 0 aliphatic heterocycles. The highest BCUT2D eigenvalue weighted by molar-refractivity contribution is 9.10. The van der Waals surface area contributed by atoms with Crippen LogP contribution in [0.4, 0.5) is 0 Å². The lowest BCUT2D eigenvalue weighted by molar-refractivity contribution is 0.0698. The van der Waals surface area contributed by atoms with E-state index in [1.807, 2.05) is 48.7 Å². The van der Waals surface area contributed by atoms with Crippen LogP contribution in [0.2, 0.25) is 0 Å². The lowest BCUT2D eigenvalue weighted by Crippen LogP contribution is -2.27. The average Bonchev–Trinajstić information content (AvgIpc) is 3.13. The van der Waals surface area contributed by atoms with Crippen molar-refractivity contribution >= 4 is 37.5 Å². The Kier molecular flexibility index (Phi) is 5.08. The van der Waals surface area contributed by atoms with E-state index >= 15 is 0 Å². The zero-order valence-corrected chi connectivity index (χ0v) is 17.3. The fraction of sp³-hybridized carbons (Fsp3) is 0.182. The van der Waals surface area contributed by atoms with Gasteiger partial charge < -0.3 is 5.11 Å². The molecule has 27 heavy (non-hydrogen) atoms. The maximum atomic E-state index is 11.7. The first kappa shape index (κ1) is 18.3. The summed E-state index contributed by atoms with van der Waals surface area (Å²) in [6.45, 7) is 2.07. The van der Waals surface area contributed by atoms with Crippen molar-refractivity contribution in [3.8, 4) is 11.1 Å². The van der Waals surface area contributed by atoms with E-state index in [1.54, 1.807) is 6.20 Å². The molecule has 0 aliphatic carbocycles. The highest BCUT2D eigenvalue weighted by Crippen LogP contribution is 2.39. The molecule has 2 heterocycles. The molecule has 1 N–H and O–H groups in total. The van der Waals surface area contributed by atoms with Crippen LogP contribution in [0.1, 0.15) is 30.3 Å². The number of fused-ring (bicyclic) bond motifs is 1. The summed E-state index contributed by atoms with van der Waals surface area (Å²) in [5.74, 6) is 0. The summed E-state index contributed by atoms with van der Waals surface area (Å²) >= 11 is 5.05. The molecule has 0 saturated carbocycles. The molecule has 2 aromatic carbocycles. The minimum Gasteiger partial charge on any atom is -0.378 e. The Morgan fingerprint density at radius 1 is 1.04 bits per heavy atom. The summed E-state index contributed by atoms with van der Waals surface area (Å²) in [6.07, 6.45) is 5.02. The van der Waals surface area contributed by atoms with Crippen LogP contribution in [0.5, 0.6) is 0 Å². The number of hydrogen-bond acceptors (Lipinski definition) is 4. The Morgan fingerprint density at radius 3 is 2.63 bits per heavy atom. The van der Waals surface area contributed by atoms with Gasteiger partial charge in [-0.2, -0.15) is 0 Å². The maximum absolute atomic E-state index is 11.7. The van der Waals surface area contributed by atoms with Crippen LogP contribution in [0.15, 0.2) is 71.5 Å². The fourth-order valence-electron chi connectivity index (χ4n) is 3.27. The Bertz CT molecular complexity index is 1080. The van der Waals surface area contributed by atoms with Crippen molar-refractivity contribution in [3.63, 3.8) is 0 Å². The van der Waals surface area contributed by atoms with Gasteiger partial charge in [-0.1, -0.05) is 59.6 Å². The van der Waals surface area contributed by atoms with Crippen molar-refractivity contribution in [1.82, 2.24) is 9.97 Å². The Balaban J connectivity index is 1.83. The fourth-order valence-corrected chi connectivity index (χ4v) is 4.92. The van der Waals surface area contributed by atoms with Crippen molar-refractivity contribution < 1.29 is 5.11 Å². The van der Waals surface area contributed by atoms with Gasteiger partial charge in [0.05, 0.1) is 10.2 Å². The largest absolute Gasteiger partial charge is 0.378 e. The summed E-state index contributed by atoms with van der Waals surface area (Å²) in [5.41, 5.74) is 2.61. The van der Waals surface area contributed by atoms with E-state index in [-0.39, 0.29) is 0 Å². The lowest BCUT2D eigenvalue weighted by Gasteiger charge is -2.26. The van der Waals surface area contributed by atoms with Gasteiger partial charge in [-0.25, -0.2) is 4.98 Å². The van der Waals surface area contributed by atoms with Crippen LogP contribution < -0.4 is 0 Å². The second-order valence-corrected chi connectivity index (χ2v) is 8.52. The molecule has 0 spiro atoms. The SMILES string of the molecule is CCCC(O)(c1cncc(-c2ccccc2)c1)c1nc2ccc(Br)cc2s1. The number of aliphatic hydroxyl groups is 1. The van der Waals surface area contributed by atoms with Crippen LogP contribution >= 0.6 is 27.3 Å². The standard InChI is InChI=1S/C22H19BrN2OS/c1-2-10-22(26,21-25-19-9-8-18(23)12-20(19)27-21)17-11-16(13-24-14-17)15-6-4-3-5-7-15/h3-9,11-14,26H,2,10H2,1H3. The summed E-state index contributed by atoms with van der Waals surface area (Å²) < 4.78 is 2.07. The third-order valence-electron chi connectivity index (χ3n) is 4.64. The van der Waals surface area contributed by atoms with Crippen LogP contribution in [-0.4, -0.2) is 15.1 Å².